The van der Waals surface area contributed by atoms with Crippen molar-refractivity contribution >= 4 is 17.5 Å². The normalized spacial score (nSPS) is 10.3. The lowest BCUT2D eigenvalue weighted by Gasteiger charge is -2.08. The van der Waals surface area contributed by atoms with E-state index in [0.717, 1.165) is 25.9 Å². The third-order valence-corrected chi connectivity index (χ3v) is 2.87. The molecule has 1 amide bonds. The van der Waals surface area contributed by atoms with Crippen LogP contribution in [0.3, 0.4) is 0 Å². The third kappa shape index (κ3) is 8.02. The molecule has 0 bridgehead atoms. The molecule has 0 saturated heterocycles. The van der Waals surface area contributed by atoms with Gasteiger partial charge in [-0.2, -0.15) is 0 Å². The van der Waals surface area contributed by atoms with Crippen LogP contribution in [0.1, 0.15) is 26.2 Å². The Morgan fingerprint density at radius 3 is 2.60 bits per heavy atom. The number of carbonyl (C=O) groups excluding carboxylic acids is 1. The van der Waals surface area contributed by atoms with Gasteiger partial charge in [0.05, 0.1) is 0 Å². The predicted molar refractivity (Wildman–Crippen MR) is 80.3 cm³/mol. The quantitative estimate of drug-likeness (QED) is 0.676. The Labute approximate surface area is 125 Å². The number of rotatable bonds is 10. The number of benzene rings is 1. The largest absolute Gasteiger partial charge is 0.484 e. The molecule has 0 aliphatic heterocycles. The number of nitrogens with one attached hydrogen (secondary N) is 1. The smallest absolute Gasteiger partial charge is 0.257 e. The highest BCUT2D eigenvalue weighted by atomic mass is 35.5. The average Bonchev–Trinajstić information content (AvgIpc) is 2.46. The lowest BCUT2D eigenvalue weighted by Crippen LogP contribution is -2.30. The Morgan fingerprint density at radius 1 is 1.20 bits per heavy atom. The van der Waals surface area contributed by atoms with Gasteiger partial charge in [-0.3, -0.25) is 4.79 Å². The van der Waals surface area contributed by atoms with Crippen LogP contribution in [0.5, 0.6) is 5.75 Å². The first-order chi connectivity index (χ1) is 9.72. The van der Waals surface area contributed by atoms with Crippen molar-refractivity contribution in [1.82, 2.24) is 5.32 Å². The molecule has 0 aliphatic carbocycles. The van der Waals surface area contributed by atoms with Gasteiger partial charge in [-0.1, -0.05) is 24.9 Å². The molecule has 0 heterocycles. The van der Waals surface area contributed by atoms with Crippen molar-refractivity contribution < 1.29 is 14.3 Å². The fourth-order valence-corrected chi connectivity index (χ4v) is 1.61. The minimum atomic E-state index is -0.131. The zero-order valence-electron chi connectivity index (χ0n) is 11.9. The summed E-state index contributed by atoms with van der Waals surface area (Å²) in [4.78, 5) is 11.5. The molecule has 0 aliphatic rings. The molecule has 1 aromatic rings. The van der Waals surface area contributed by atoms with Gasteiger partial charge in [-0.15, -0.1) is 0 Å². The number of amides is 1. The van der Waals surface area contributed by atoms with Gasteiger partial charge in [-0.05, 0) is 37.1 Å². The number of ether oxygens (including phenoxy) is 2. The monoisotopic (exact) mass is 299 g/mol. The van der Waals surface area contributed by atoms with E-state index in [9.17, 15) is 4.79 Å². The van der Waals surface area contributed by atoms with E-state index in [2.05, 4.69) is 12.2 Å². The molecule has 0 spiro atoms. The molecule has 5 heteroatoms. The number of halogens is 1. The Kier molecular flexibility index (Phi) is 8.83. The van der Waals surface area contributed by atoms with Gasteiger partial charge in [0.1, 0.15) is 5.75 Å². The number of hydrogen-bond donors (Lipinski definition) is 1. The van der Waals surface area contributed by atoms with Crippen LogP contribution in [0.15, 0.2) is 24.3 Å². The summed E-state index contributed by atoms with van der Waals surface area (Å²) in [5.41, 5.74) is 0. The molecule has 0 fully saturated rings. The summed E-state index contributed by atoms with van der Waals surface area (Å²) in [5.74, 6) is 0.501. The number of hydrogen-bond acceptors (Lipinski definition) is 3. The van der Waals surface area contributed by atoms with Crippen molar-refractivity contribution in [3.63, 3.8) is 0 Å². The molecule has 0 aromatic heterocycles. The Balaban J connectivity index is 2.01. The van der Waals surface area contributed by atoms with E-state index < -0.39 is 0 Å². The van der Waals surface area contributed by atoms with E-state index in [1.54, 1.807) is 24.3 Å². The fourth-order valence-electron chi connectivity index (χ4n) is 1.48. The van der Waals surface area contributed by atoms with E-state index in [0.29, 0.717) is 23.9 Å². The Bertz CT molecular complexity index is 381. The molecular formula is C15H22ClNO3. The molecule has 20 heavy (non-hydrogen) atoms. The topological polar surface area (TPSA) is 47.6 Å². The first-order valence-electron chi connectivity index (χ1n) is 6.95. The molecule has 112 valence electrons. The highest BCUT2D eigenvalue weighted by Crippen LogP contribution is 2.15. The van der Waals surface area contributed by atoms with E-state index >= 15 is 0 Å². The highest BCUT2D eigenvalue weighted by Gasteiger charge is 2.02. The first kappa shape index (κ1) is 16.8. The van der Waals surface area contributed by atoms with Gasteiger partial charge in [0, 0.05) is 24.8 Å². The van der Waals surface area contributed by atoms with Crippen LogP contribution in [-0.4, -0.2) is 32.3 Å². The van der Waals surface area contributed by atoms with E-state index in [4.69, 9.17) is 21.1 Å². The molecular weight excluding hydrogens is 278 g/mol. The number of carbonyl (C=O) groups is 1. The maximum absolute atomic E-state index is 11.5. The van der Waals surface area contributed by atoms with Gasteiger partial charge in [-0.25, -0.2) is 0 Å². The van der Waals surface area contributed by atoms with Crippen LogP contribution in [-0.2, 0) is 9.53 Å². The second kappa shape index (κ2) is 10.5. The SMILES string of the molecule is CCCCOCCCNC(=O)COc1ccc(Cl)cc1. The van der Waals surface area contributed by atoms with E-state index in [-0.39, 0.29) is 12.5 Å². The Hall–Kier alpha value is -1.26. The van der Waals surface area contributed by atoms with Crippen molar-refractivity contribution in [3.05, 3.63) is 29.3 Å². The van der Waals surface area contributed by atoms with Gasteiger partial charge < -0.3 is 14.8 Å². The van der Waals surface area contributed by atoms with Crippen LogP contribution in [0.4, 0.5) is 0 Å². The summed E-state index contributed by atoms with van der Waals surface area (Å²) < 4.78 is 10.7. The van der Waals surface area contributed by atoms with Crippen LogP contribution in [0, 0.1) is 0 Å². The van der Waals surface area contributed by atoms with Crippen LogP contribution >= 0.6 is 11.6 Å². The van der Waals surface area contributed by atoms with Gasteiger partial charge in [0.2, 0.25) is 0 Å². The summed E-state index contributed by atoms with van der Waals surface area (Å²) in [7, 11) is 0. The lowest BCUT2D eigenvalue weighted by molar-refractivity contribution is -0.123. The summed E-state index contributed by atoms with van der Waals surface area (Å²) in [6, 6.07) is 6.92. The molecule has 4 nitrogen and oxygen atoms in total. The minimum Gasteiger partial charge on any atom is -0.484 e. The average molecular weight is 300 g/mol. The fraction of sp³-hybridized carbons (Fsp3) is 0.533. The second-order valence-corrected chi connectivity index (χ2v) is 4.85. The number of unbranched alkanes of at least 4 members (excludes halogenated alkanes) is 1. The summed E-state index contributed by atoms with van der Waals surface area (Å²) in [5, 5.41) is 3.43. The van der Waals surface area contributed by atoms with Crippen LogP contribution in [0.2, 0.25) is 5.02 Å². The maximum Gasteiger partial charge on any atom is 0.257 e. The molecule has 0 saturated carbocycles. The van der Waals surface area contributed by atoms with Crippen LogP contribution in [0.25, 0.3) is 0 Å². The zero-order chi connectivity index (χ0) is 14.6. The summed E-state index contributed by atoms with van der Waals surface area (Å²) in [6.45, 7) is 4.22. The van der Waals surface area contributed by atoms with Crippen molar-refractivity contribution in [2.24, 2.45) is 0 Å². The Morgan fingerprint density at radius 2 is 1.90 bits per heavy atom. The highest BCUT2D eigenvalue weighted by molar-refractivity contribution is 6.30. The summed E-state index contributed by atoms with van der Waals surface area (Å²) >= 11 is 5.76. The van der Waals surface area contributed by atoms with Crippen molar-refractivity contribution in [1.29, 1.82) is 0 Å². The maximum atomic E-state index is 11.5. The van der Waals surface area contributed by atoms with Crippen molar-refractivity contribution in [3.8, 4) is 5.75 Å². The standard InChI is InChI=1S/C15H22ClNO3/c1-2-3-10-19-11-4-9-17-15(18)12-20-14-7-5-13(16)6-8-14/h5-8H,2-4,9-12H2,1H3,(H,17,18). The van der Waals surface area contributed by atoms with Crippen molar-refractivity contribution in [2.45, 2.75) is 26.2 Å². The predicted octanol–water partition coefficient (Wildman–Crippen LogP) is 3.04. The summed E-state index contributed by atoms with van der Waals surface area (Å²) in [6.07, 6.45) is 3.04. The van der Waals surface area contributed by atoms with Crippen LogP contribution < -0.4 is 10.1 Å². The zero-order valence-corrected chi connectivity index (χ0v) is 12.6. The molecule has 1 aromatic carbocycles. The molecule has 0 atom stereocenters. The third-order valence-electron chi connectivity index (χ3n) is 2.61. The van der Waals surface area contributed by atoms with Crippen molar-refractivity contribution in [2.75, 3.05) is 26.4 Å². The lowest BCUT2D eigenvalue weighted by atomic mass is 10.3. The minimum absolute atomic E-state index is 0.0122. The van der Waals surface area contributed by atoms with E-state index in [1.165, 1.54) is 0 Å². The molecule has 0 unspecified atom stereocenters. The first-order valence-corrected chi connectivity index (χ1v) is 7.33. The van der Waals surface area contributed by atoms with Gasteiger partial charge >= 0.3 is 0 Å². The van der Waals surface area contributed by atoms with Gasteiger partial charge in [0.25, 0.3) is 5.91 Å². The molecule has 0 radical (unpaired) electrons. The second-order valence-electron chi connectivity index (χ2n) is 4.41. The van der Waals surface area contributed by atoms with E-state index in [1.807, 2.05) is 0 Å². The van der Waals surface area contributed by atoms with Gasteiger partial charge in [0.15, 0.2) is 6.61 Å². The molecule has 1 rings (SSSR count). The molecule has 1 N–H and O–H groups in total.